The lowest BCUT2D eigenvalue weighted by atomic mass is 9.44. The van der Waals surface area contributed by atoms with Crippen LogP contribution in [-0.4, -0.2) is 28.7 Å². The summed E-state index contributed by atoms with van der Waals surface area (Å²) in [6.07, 6.45) is 9.87. The Morgan fingerprint density at radius 3 is 2.79 bits per heavy atom. The third-order valence-corrected chi connectivity index (χ3v) is 9.02. The molecule has 3 saturated carbocycles. The molecule has 1 aliphatic heterocycles. The molecule has 5 rings (SSSR count). The van der Waals surface area contributed by atoms with Crippen LogP contribution < -0.4 is 0 Å². The van der Waals surface area contributed by atoms with Crippen LogP contribution in [0.2, 0.25) is 0 Å². The van der Waals surface area contributed by atoms with Crippen LogP contribution in [0.25, 0.3) is 0 Å². The summed E-state index contributed by atoms with van der Waals surface area (Å²) in [4.78, 5) is 12.1. The average molecular weight is 330 g/mol. The molecule has 8 atom stereocenters. The molecule has 0 bridgehead atoms. The number of aliphatic hydroxyl groups is 1. The molecule has 0 aromatic rings. The molecule has 0 radical (unpaired) electrons. The molecule has 4 fully saturated rings. The van der Waals surface area contributed by atoms with Crippen LogP contribution in [-0.2, 0) is 9.53 Å². The van der Waals surface area contributed by atoms with E-state index in [1.54, 1.807) is 6.92 Å². The Kier molecular flexibility index (Phi) is 2.94. The second kappa shape index (κ2) is 4.54. The quantitative estimate of drug-likeness (QED) is 0.747. The predicted octanol–water partition coefficient (Wildman–Crippen LogP) is 3.65. The maximum atomic E-state index is 12.1. The first-order valence-corrected chi connectivity index (χ1v) is 9.89. The molecular formula is C21H30O3. The molecule has 1 N–H and O–H groups in total. The highest BCUT2D eigenvalue weighted by Crippen LogP contribution is 2.73. The molecule has 4 aliphatic carbocycles. The molecule has 132 valence electrons. The Labute approximate surface area is 144 Å². The molecule has 1 spiro atoms. The Hall–Kier alpha value is -0.670. The highest BCUT2D eigenvalue weighted by atomic mass is 16.6. The predicted molar refractivity (Wildman–Crippen MR) is 91.4 cm³/mol. The molecule has 5 aliphatic rings. The van der Waals surface area contributed by atoms with Crippen molar-refractivity contribution in [1.29, 1.82) is 0 Å². The number of ether oxygens (including phenoxy) is 1. The Morgan fingerprint density at radius 2 is 2.04 bits per heavy atom. The van der Waals surface area contributed by atoms with Gasteiger partial charge in [-0.15, -0.1) is 0 Å². The van der Waals surface area contributed by atoms with E-state index in [1.165, 1.54) is 6.42 Å². The van der Waals surface area contributed by atoms with E-state index in [-0.39, 0.29) is 28.3 Å². The number of hydrogen-bond acceptors (Lipinski definition) is 3. The van der Waals surface area contributed by atoms with Crippen molar-refractivity contribution < 1.29 is 14.6 Å². The van der Waals surface area contributed by atoms with Crippen molar-refractivity contribution in [2.75, 3.05) is 0 Å². The zero-order valence-electron chi connectivity index (χ0n) is 15.2. The summed E-state index contributed by atoms with van der Waals surface area (Å²) >= 11 is 0. The van der Waals surface area contributed by atoms with E-state index in [9.17, 15) is 9.90 Å². The maximum absolute atomic E-state index is 12.1. The van der Waals surface area contributed by atoms with Crippen molar-refractivity contribution >= 4 is 5.78 Å². The van der Waals surface area contributed by atoms with E-state index in [0.29, 0.717) is 23.9 Å². The van der Waals surface area contributed by atoms with Crippen molar-refractivity contribution in [2.24, 2.45) is 28.6 Å². The summed E-state index contributed by atoms with van der Waals surface area (Å²) in [6.45, 7) is 6.54. The van der Waals surface area contributed by atoms with Gasteiger partial charge < -0.3 is 9.84 Å². The molecule has 3 heteroatoms. The minimum Gasteiger partial charge on any atom is -0.393 e. The number of carbonyl (C=O) groups is 1. The monoisotopic (exact) mass is 330 g/mol. The number of carbonyl (C=O) groups excluding carboxylic acids is 1. The van der Waals surface area contributed by atoms with Crippen LogP contribution in [0.4, 0.5) is 0 Å². The normalized spacial score (nSPS) is 58.0. The van der Waals surface area contributed by atoms with Gasteiger partial charge in [0.25, 0.3) is 0 Å². The van der Waals surface area contributed by atoms with Gasteiger partial charge in [-0.2, -0.15) is 0 Å². The lowest BCUT2D eigenvalue weighted by Crippen LogP contribution is -2.58. The summed E-state index contributed by atoms with van der Waals surface area (Å²) in [5.41, 5.74) is 1.38. The minimum absolute atomic E-state index is 0.0327. The highest BCUT2D eigenvalue weighted by Gasteiger charge is 2.75. The first-order valence-electron chi connectivity index (χ1n) is 9.89. The van der Waals surface area contributed by atoms with E-state index in [2.05, 4.69) is 19.9 Å². The molecule has 3 nitrogen and oxygen atoms in total. The molecule has 0 unspecified atom stereocenters. The van der Waals surface area contributed by atoms with E-state index in [0.717, 1.165) is 44.1 Å². The van der Waals surface area contributed by atoms with Crippen molar-refractivity contribution in [3.05, 3.63) is 11.6 Å². The fraction of sp³-hybridized carbons (Fsp3) is 0.857. The number of aliphatic hydroxyl groups excluding tert-OH is 1. The average Bonchev–Trinajstić information content (AvgIpc) is 3.08. The first-order chi connectivity index (χ1) is 11.3. The first kappa shape index (κ1) is 15.6. The van der Waals surface area contributed by atoms with Gasteiger partial charge in [0.2, 0.25) is 0 Å². The molecule has 24 heavy (non-hydrogen) atoms. The number of hydrogen-bond donors (Lipinski definition) is 1. The molecule has 1 saturated heterocycles. The summed E-state index contributed by atoms with van der Waals surface area (Å²) in [5, 5.41) is 10.2. The lowest BCUT2D eigenvalue weighted by Gasteiger charge is -2.58. The van der Waals surface area contributed by atoms with E-state index < -0.39 is 0 Å². The molecular weight excluding hydrogens is 300 g/mol. The van der Waals surface area contributed by atoms with Crippen molar-refractivity contribution in [3.63, 3.8) is 0 Å². The lowest BCUT2D eigenvalue weighted by molar-refractivity contribution is -0.119. The third kappa shape index (κ3) is 1.64. The van der Waals surface area contributed by atoms with Gasteiger partial charge in [-0.3, -0.25) is 4.79 Å². The largest absolute Gasteiger partial charge is 0.393 e. The Morgan fingerprint density at radius 1 is 1.25 bits per heavy atom. The van der Waals surface area contributed by atoms with Crippen LogP contribution in [0, 0.1) is 28.6 Å². The fourth-order valence-electron chi connectivity index (χ4n) is 7.77. The van der Waals surface area contributed by atoms with Crippen LogP contribution in [0.1, 0.15) is 65.7 Å². The number of fused-ring (bicyclic) bond motifs is 4. The number of rotatable bonds is 1. The summed E-state index contributed by atoms with van der Waals surface area (Å²) in [6, 6.07) is 0. The van der Waals surface area contributed by atoms with Gasteiger partial charge in [-0.25, -0.2) is 0 Å². The molecule has 1 heterocycles. The second-order valence-electron chi connectivity index (χ2n) is 9.79. The summed E-state index contributed by atoms with van der Waals surface area (Å²) in [7, 11) is 0. The van der Waals surface area contributed by atoms with Crippen molar-refractivity contribution in [3.8, 4) is 0 Å². The van der Waals surface area contributed by atoms with Gasteiger partial charge in [-0.1, -0.05) is 19.9 Å². The Balaban J connectivity index is 1.50. The van der Waals surface area contributed by atoms with Gasteiger partial charge in [-0.05, 0) is 74.2 Å². The van der Waals surface area contributed by atoms with Crippen LogP contribution in [0.3, 0.4) is 0 Å². The SMILES string of the molecule is CC(=O)C1=CC[C@@H]2[C@@H]3C[C@@H]4O[C@@]45C[C@H](O)CC[C@]5(C)[C@@H]3CC[C@@]12C. The fourth-order valence-corrected chi connectivity index (χ4v) is 7.77. The number of allylic oxidation sites excluding steroid dienone is 2. The summed E-state index contributed by atoms with van der Waals surface area (Å²) in [5.74, 6) is 2.26. The maximum Gasteiger partial charge on any atom is 0.156 e. The number of Topliss-reactive ketones (excluding diaryl/α,β-unsaturated/α-hetero) is 1. The smallest absolute Gasteiger partial charge is 0.156 e. The minimum atomic E-state index is -0.175. The standard InChI is InChI=1S/C21H30O3/c1-12(22)15-4-5-16-14-10-18-21(24-18)11-13(23)6-9-20(21,3)17(14)7-8-19(15,16)2/h4,13-14,16-18,23H,5-11H2,1-3H3/t13-,14+,16-,17-,18+,19+,20-,21+/m1/s1. The van der Waals surface area contributed by atoms with Crippen LogP contribution >= 0.6 is 0 Å². The third-order valence-electron chi connectivity index (χ3n) is 9.02. The molecule has 0 aromatic carbocycles. The van der Waals surface area contributed by atoms with Gasteiger partial charge in [0.1, 0.15) is 5.60 Å². The number of epoxide rings is 1. The topological polar surface area (TPSA) is 49.8 Å². The molecule has 0 amide bonds. The second-order valence-corrected chi connectivity index (χ2v) is 9.79. The van der Waals surface area contributed by atoms with Crippen LogP contribution in [0.5, 0.6) is 0 Å². The number of ketones is 1. The van der Waals surface area contributed by atoms with Gasteiger partial charge in [0.15, 0.2) is 5.78 Å². The van der Waals surface area contributed by atoms with Crippen molar-refractivity contribution in [1.82, 2.24) is 0 Å². The zero-order chi connectivity index (χ0) is 16.9. The van der Waals surface area contributed by atoms with E-state index >= 15 is 0 Å². The van der Waals surface area contributed by atoms with Gasteiger partial charge in [0, 0.05) is 11.8 Å². The van der Waals surface area contributed by atoms with Gasteiger partial charge >= 0.3 is 0 Å². The van der Waals surface area contributed by atoms with Crippen LogP contribution in [0.15, 0.2) is 11.6 Å². The zero-order valence-corrected chi connectivity index (χ0v) is 15.2. The van der Waals surface area contributed by atoms with Gasteiger partial charge in [0.05, 0.1) is 12.2 Å². The summed E-state index contributed by atoms with van der Waals surface area (Å²) < 4.78 is 6.35. The van der Waals surface area contributed by atoms with E-state index in [4.69, 9.17) is 4.74 Å². The van der Waals surface area contributed by atoms with Crippen molar-refractivity contribution in [2.45, 2.75) is 83.5 Å². The highest BCUT2D eigenvalue weighted by molar-refractivity contribution is 5.95. The van der Waals surface area contributed by atoms with E-state index in [1.807, 2.05) is 0 Å². The molecule has 0 aromatic heterocycles. The Bertz CT molecular complexity index is 639.